The lowest BCUT2D eigenvalue weighted by Crippen LogP contribution is -2.32. The second-order valence-electron chi connectivity index (χ2n) is 5.69. The Labute approximate surface area is 121 Å². The van der Waals surface area contributed by atoms with Crippen LogP contribution < -0.4 is 4.74 Å². The second kappa shape index (κ2) is 6.40. The van der Waals surface area contributed by atoms with Crippen molar-refractivity contribution in [3.63, 3.8) is 0 Å². The third-order valence-electron chi connectivity index (χ3n) is 4.06. The molecular formula is C17H24O3. The molecule has 0 amide bonds. The fraction of sp³-hybridized carbons (Fsp3) is 0.588. The number of Topliss-reactive ketones (excluding diaryl/α,β-unsaturated/α-hetero) is 1. The first-order valence-corrected chi connectivity index (χ1v) is 7.35. The van der Waals surface area contributed by atoms with E-state index in [9.17, 15) is 4.79 Å². The minimum atomic E-state index is 0.235. The van der Waals surface area contributed by atoms with Gasteiger partial charge in [0.15, 0.2) is 5.78 Å². The average Bonchev–Trinajstić information content (AvgIpc) is 2.35. The summed E-state index contributed by atoms with van der Waals surface area (Å²) in [4.78, 5) is 12.3. The molecule has 110 valence electrons. The van der Waals surface area contributed by atoms with Crippen molar-refractivity contribution >= 4 is 5.78 Å². The minimum absolute atomic E-state index is 0.235. The van der Waals surface area contributed by atoms with Crippen LogP contribution in [-0.4, -0.2) is 25.6 Å². The Morgan fingerprint density at radius 2 is 1.85 bits per heavy atom. The SMILES string of the molecule is CCOC1CC(CC(=O)c2cc(C)c(OC)c(C)c2)C1. The third kappa shape index (κ3) is 3.21. The number of ether oxygens (including phenoxy) is 2. The van der Waals surface area contributed by atoms with E-state index in [4.69, 9.17) is 9.47 Å². The predicted molar refractivity (Wildman–Crippen MR) is 79.6 cm³/mol. The molecule has 0 radical (unpaired) electrons. The third-order valence-corrected chi connectivity index (χ3v) is 4.06. The summed E-state index contributed by atoms with van der Waals surface area (Å²) in [7, 11) is 1.67. The fourth-order valence-corrected chi connectivity index (χ4v) is 3.03. The quantitative estimate of drug-likeness (QED) is 0.743. The monoisotopic (exact) mass is 276 g/mol. The van der Waals surface area contributed by atoms with Crippen molar-refractivity contribution in [1.82, 2.24) is 0 Å². The van der Waals surface area contributed by atoms with E-state index in [1.807, 2.05) is 32.9 Å². The lowest BCUT2D eigenvalue weighted by Gasteiger charge is -2.34. The molecule has 1 aromatic carbocycles. The van der Waals surface area contributed by atoms with E-state index in [0.717, 1.165) is 41.9 Å². The van der Waals surface area contributed by atoms with Crippen LogP contribution in [0.25, 0.3) is 0 Å². The highest BCUT2D eigenvalue weighted by Gasteiger charge is 2.31. The molecule has 0 aromatic heterocycles. The Kier molecular flexibility index (Phi) is 4.81. The standard InChI is InChI=1S/C17H24O3/c1-5-20-15-8-13(9-15)10-16(18)14-6-11(2)17(19-4)12(3)7-14/h6-7,13,15H,5,8-10H2,1-4H3. The van der Waals surface area contributed by atoms with Gasteiger partial charge in [0.1, 0.15) is 5.75 Å². The van der Waals surface area contributed by atoms with Crippen LogP contribution in [-0.2, 0) is 4.74 Å². The molecule has 2 rings (SSSR count). The molecule has 0 heterocycles. The molecule has 0 unspecified atom stereocenters. The molecule has 0 bridgehead atoms. The fourth-order valence-electron chi connectivity index (χ4n) is 3.03. The molecule has 1 aromatic rings. The van der Waals surface area contributed by atoms with E-state index >= 15 is 0 Å². The van der Waals surface area contributed by atoms with Crippen molar-refractivity contribution in [3.05, 3.63) is 28.8 Å². The summed E-state index contributed by atoms with van der Waals surface area (Å²) >= 11 is 0. The summed E-state index contributed by atoms with van der Waals surface area (Å²) in [6, 6.07) is 3.87. The Balaban J connectivity index is 1.97. The van der Waals surface area contributed by atoms with Crippen molar-refractivity contribution in [2.75, 3.05) is 13.7 Å². The van der Waals surface area contributed by atoms with Gasteiger partial charge in [-0.3, -0.25) is 4.79 Å². The molecule has 3 heteroatoms. The van der Waals surface area contributed by atoms with Crippen molar-refractivity contribution < 1.29 is 14.3 Å². The molecule has 0 aliphatic heterocycles. The number of benzene rings is 1. The van der Waals surface area contributed by atoms with Gasteiger partial charge in [0.2, 0.25) is 0 Å². The van der Waals surface area contributed by atoms with E-state index < -0.39 is 0 Å². The average molecular weight is 276 g/mol. The largest absolute Gasteiger partial charge is 0.496 e. The van der Waals surface area contributed by atoms with Crippen LogP contribution in [0.4, 0.5) is 0 Å². The molecule has 20 heavy (non-hydrogen) atoms. The van der Waals surface area contributed by atoms with Crippen LogP contribution in [0.5, 0.6) is 5.75 Å². The van der Waals surface area contributed by atoms with Crippen LogP contribution in [0.15, 0.2) is 12.1 Å². The molecule has 1 saturated carbocycles. The van der Waals surface area contributed by atoms with E-state index in [0.29, 0.717) is 18.4 Å². The number of carbonyl (C=O) groups excluding carboxylic acids is 1. The van der Waals surface area contributed by atoms with Gasteiger partial charge in [0.25, 0.3) is 0 Å². The molecule has 0 spiro atoms. The van der Waals surface area contributed by atoms with Crippen LogP contribution in [0.3, 0.4) is 0 Å². The first-order valence-electron chi connectivity index (χ1n) is 7.35. The van der Waals surface area contributed by atoms with Gasteiger partial charge >= 0.3 is 0 Å². The maximum Gasteiger partial charge on any atom is 0.163 e. The topological polar surface area (TPSA) is 35.5 Å². The lowest BCUT2D eigenvalue weighted by atomic mass is 9.78. The highest BCUT2D eigenvalue weighted by Crippen LogP contribution is 2.34. The highest BCUT2D eigenvalue weighted by atomic mass is 16.5. The molecule has 1 aliphatic rings. The second-order valence-corrected chi connectivity index (χ2v) is 5.69. The summed E-state index contributed by atoms with van der Waals surface area (Å²) in [5.41, 5.74) is 2.86. The maximum atomic E-state index is 12.3. The zero-order chi connectivity index (χ0) is 14.7. The molecule has 0 N–H and O–H groups in total. The van der Waals surface area contributed by atoms with Crippen molar-refractivity contribution in [2.45, 2.75) is 46.1 Å². The number of methoxy groups -OCH3 is 1. The van der Waals surface area contributed by atoms with Gasteiger partial charge in [-0.15, -0.1) is 0 Å². The number of rotatable bonds is 6. The Bertz CT molecular complexity index is 464. The van der Waals surface area contributed by atoms with Gasteiger partial charge in [-0.05, 0) is 62.8 Å². The van der Waals surface area contributed by atoms with Crippen molar-refractivity contribution in [2.24, 2.45) is 5.92 Å². The summed E-state index contributed by atoms with van der Waals surface area (Å²) in [6.07, 6.45) is 3.05. The van der Waals surface area contributed by atoms with E-state index in [1.165, 1.54) is 0 Å². The molecular weight excluding hydrogens is 252 g/mol. The van der Waals surface area contributed by atoms with Crippen LogP contribution >= 0.6 is 0 Å². The zero-order valence-electron chi connectivity index (χ0n) is 12.9. The Hall–Kier alpha value is -1.35. The van der Waals surface area contributed by atoms with Gasteiger partial charge in [-0.2, -0.15) is 0 Å². The Morgan fingerprint density at radius 1 is 1.25 bits per heavy atom. The number of ketones is 1. The number of hydrogen-bond acceptors (Lipinski definition) is 3. The van der Waals surface area contributed by atoms with E-state index in [2.05, 4.69) is 0 Å². The summed E-state index contributed by atoms with van der Waals surface area (Å²) in [5.74, 6) is 1.60. The summed E-state index contributed by atoms with van der Waals surface area (Å²) in [5, 5.41) is 0. The zero-order valence-corrected chi connectivity index (χ0v) is 12.9. The van der Waals surface area contributed by atoms with E-state index in [-0.39, 0.29) is 5.78 Å². The van der Waals surface area contributed by atoms with Crippen LogP contribution in [0, 0.1) is 19.8 Å². The first kappa shape index (κ1) is 15.0. The van der Waals surface area contributed by atoms with Gasteiger partial charge < -0.3 is 9.47 Å². The minimum Gasteiger partial charge on any atom is -0.496 e. The van der Waals surface area contributed by atoms with Gasteiger partial charge in [-0.1, -0.05) is 0 Å². The van der Waals surface area contributed by atoms with Crippen LogP contribution in [0.1, 0.15) is 47.7 Å². The number of carbonyl (C=O) groups is 1. The normalized spacial score (nSPS) is 21.4. The summed E-state index contributed by atoms with van der Waals surface area (Å²) in [6.45, 7) is 6.75. The number of hydrogen-bond donors (Lipinski definition) is 0. The van der Waals surface area contributed by atoms with Crippen molar-refractivity contribution in [1.29, 1.82) is 0 Å². The first-order chi connectivity index (χ1) is 9.55. The predicted octanol–water partition coefficient (Wildman–Crippen LogP) is 3.70. The maximum absolute atomic E-state index is 12.3. The number of aryl methyl sites for hydroxylation is 2. The molecule has 1 fully saturated rings. The van der Waals surface area contributed by atoms with Gasteiger partial charge in [-0.25, -0.2) is 0 Å². The van der Waals surface area contributed by atoms with Gasteiger partial charge in [0.05, 0.1) is 13.2 Å². The molecule has 3 nitrogen and oxygen atoms in total. The lowest BCUT2D eigenvalue weighted by molar-refractivity contribution is -0.0246. The molecule has 1 aliphatic carbocycles. The molecule has 0 saturated heterocycles. The smallest absolute Gasteiger partial charge is 0.163 e. The summed E-state index contributed by atoms with van der Waals surface area (Å²) < 4.78 is 10.9. The van der Waals surface area contributed by atoms with E-state index in [1.54, 1.807) is 7.11 Å². The molecule has 0 atom stereocenters. The van der Waals surface area contributed by atoms with Gasteiger partial charge in [0, 0.05) is 18.6 Å². The Morgan fingerprint density at radius 3 is 2.35 bits per heavy atom. The highest BCUT2D eigenvalue weighted by molar-refractivity contribution is 5.97. The van der Waals surface area contributed by atoms with Crippen molar-refractivity contribution in [3.8, 4) is 5.75 Å². The van der Waals surface area contributed by atoms with Crippen LogP contribution in [0.2, 0.25) is 0 Å².